The van der Waals surface area contributed by atoms with E-state index in [4.69, 9.17) is 16.6 Å². The third-order valence-electron chi connectivity index (χ3n) is 4.04. The first-order valence-corrected chi connectivity index (χ1v) is 8.24. The summed E-state index contributed by atoms with van der Waals surface area (Å²) in [6.07, 6.45) is 3.47. The van der Waals surface area contributed by atoms with Crippen molar-refractivity contribution >= 4 is 28.4 Å². The van der Waals surface area contributed by atoms with Crippen molar-refractivity contribution < 1.29 is 4.79 Å². The van der Waals surface area contributed by atoms with Crippen LogP contribution in [0.5, 0.6) is 0 Å². The first-order chi connectivity index (χ1) is 12.2. The van der Waals surface area contributed by atoms with Crippen molar-refractivity contribution in [2.45, 2.75) is 6.54 Å². The van der Waals surface area contributed by atoms with Crippen molar-refractivity contribution in [3.8, 4) is 11.4 Å². The van der Waals surface area contributed by atoms with Crippen molar-refractivity contribution in [2.75, 3.05) is 0 Å². The Morgan fingerprint density at radius 1 is 1.00 bits per heavy atom. The average Bonchev–Trinajstić information content (AvgIpc) is 3.02. The number of ketones is 1. The maximum atomic E-state index is 12.7. The maximum Gasteiger partial charge on any atom is 0.182 e. The van der Waals surface area contributed by atoms with Gasteiger partial charge in [0, 0.05) is 28.5 Å². The number of benzene rings is 2. The number of rotatable bonds is 4. The van der Waals surface area contributed by atoms with Crippen LogP contribution in [0.15, 0.2) is 73.1 Å². The highest BCUT2D eigenvalue weighted by Gasteiger charge is 2.16. The van der Waals surface area contributed by atoms with Gasteiger partial charge in [-0.05, 0) is 48.5 Å². The Balaban J connectivity index is 1.80. The van der Waals surface area contributed by atoms with Crippen molar-refractivity contribution in [3.05, 3.63) is 83.6 Å². The van der Waals surface area contributed by atoms with Gasteiger partial charge >= 0.3 is 0 Å². The highest BCUT2D eigenvalue weighted by Crippen LogP contribution is 2.24. The average molecular weight is 348 g/mol. The van der Waals surface area contributed by atoms with Crippen molar-refractivity contribution in [1.29, 1.82) is 0 Å². The van der Waals surface area contributed by atoms with Gasteiger partial charge in [-0.25, -0.2) is 4.98 Å². The lowest BCUT2D eigenvalue weighted by Crippen LogP contribution is -2.11. The number of para-hydroxylation sites is 2. The SMILES string of the molecule is O=C(Cn1c(-c2cccnc2)nc2ccccc21)c1ccc(Cl)cc1. The summed E-state index contributed by atoms with van der Waals surface area (Å²) in [7, 11) is 0. The summed E-state index contributed by atoms with van der Waals surface area (Å²) in [5, 5.41) is 0.612. The second-order valence-corrected chi connectivity index (χ2v) is 6.12. The Hall–Kier alpha value is -2.98. The fourth-order valence-electron chi connectivity index (χ4n) is 2.82. The minimum atomic E-state index is 0.00459. The van der Waals surface area contributed by atoms with E-state index < -0.39 is 0 Å². The number of fused-ring (bicyclic) bond motifs is 1. The number of imidazole rings is 1. The third kappa shape index (κ3) is 3.04. The summed E-state index contributed by atoms with van der Waals surface area (Å²) in [6, 6.07) is 18.5. The molecule has 25 heavy (non-hydrogen) atoms. The Bertz CT molecular complexity index is 1040. The van der Waals surface area contributed by atoms with Crippen LogP contribution in [0.2, 0.25) is 5.02 Å². The zero-order chi connectivity index (χ0) is 17.2. The van der Waals surface area contributed by atoms with Gasteiger partial charge in [-0.2, -0.15) is 0 Å². The van der Waals surface area contributed by atoms with E-state index in [0.29, 0.717) is 10.6 Å². The van der Waals surface area contributed by atoms with Gasteiger partial charge in [0.05, 0.1) is 17.6 Å². The summed E-state index contributed by atoms with van der Waals surface area (Å²) < 4.78 is 1.93. The first-order valence-electron chi connectivity index (χ1n) is 7.87. The smallest absolute Gasteiger partial charge is 0.182 e. The van der Waals surface area contributed by atoms with Crippen LogP contribution in [-0.4, -0.2) is 20.3 Å². The Kier molecular flexibility index (Phi) is 4.04. The summed E-state index contributed by atoms with van der Waals surface area (Å²) in [6.45, 7) is 0.201. The van der Waals surface area contributed by atoms with Gasteiger partial charge < -0.3 is 4.57 Å². The quantitative estimate of drug-likeness (QED) is 0.505. The molecule has 0 aliphatic carbocycles. The van der Waals surface area contributed by atoms with E-state index in [9.17, 15) is 4.79 Å². The zero-order valence-corrected chi connectivity index (χ0v) is 14.0. The molecule has 5 heteroatoms. The molecule has 0 aliphatic rings. The molecule has 0 spiro atoms. The van der Waals surface area contributed by atoms with E-state index in [1.807, 2.05) is 41.0 Å². The number of Topliss-reactive ketones (excluding diaryl/α,β-unsaturated/α-hetero) is 1. The minimum Gasteiger partial charge on any atom is -0.316 e. The van der Waals surface area contributed by atoms with Gasteiger partial charge in [-0.3, -0.25) is 9.78 Å². The summed E-state index contributed by atoms with van der Waals surface area (Å²) in [5.41, 5.74) is 3.27. The van der Waals surface area contributed by atoms with E-state index in [1.165, 1.54) is 0 Å². The van der Waals surface area contributed by atoms with Gasteiger partial charge in [0.15, 0.2) is 5.78 Å². The third-order valence-corrected chi connectivity index (χ3v) is 4.29. The van der Waals surface area contributed by atoms with Crippen LogP contribution in [0, 0.1) is 0 Å². The number of carbonyl (C=O) groups is 1. The highest BCUT2D eigenvalue weighted by atomic mass is 35.5. The molecule has 4 rings (SSSR count). The molecule has 0 aliphatic heterocycles. The molecular weight excluding hydrogens is 334 g/mol. The number of carbonyl (C=O) groups excluding carboxylic acids is 1. The molecule has 0 amide bonds. The molecule has 0 saturated heterocycles. The Morgan fingerprint density at radius 3 is 2.56 bits per heavy atom. The topological polar surface area (TPSA) is 47.8 Å². The summed E-state index contributed by atoms with van der Waals surface area (Å²) in [5.74, 6) is 0.738. The molecular formula is C20H14ClN3O. The number of aromatic nitrogens is 3. The molecule has 0 bridgehead atoms. The molecule has 0 saturated carbocycles. The number of pyridine rings is 1. The first kappa shape index (κ1) is 15.5. The lowest BCUT2D eigenvalue weighted by Gasteiger charge is -2.09. The fourth-order valence-corrected chi connectivity index (χ4v) is 2.95. The van der Waals surface area contributed by atoms with Crippen LogP contribution in [0.1, 0.15) is 10.4 Å². The van der Waals surface area contributed by atoms with E-state index in [2.05, 4.69) is 4.98 Å². The number of hydrogen-bond donors (Lipinski definition) is 0. The van der Waals surface area contributed by atoms with Crippen LogP contribution in [0.4, 0.5) is 0 Å². The molecule has 0 fully saturated rings. The van der Waals surface area contributed by atoms with Gasteiger partial charge in [-0.15, -0.1) is 0 Å². The molecule has 0 atom stereocenters. The maximum absolute atomic E-state index is 12.7. The monoisotopic (exact) mass is 347 g/mol. The molecule has 0 unspecified atom stereocenters. The number of halogens is 1. The Labute approximate surface area is 149 Å². The second-order valence-electron chi connectivity index (χ2n) is 5.68. The van der Waals surface area contributed by atoms with Crippen LogP contribution >= 0.6 is 11.6 Å². The molecule has 2 aromatic heterocycles. The van der Waals surface area contributed by atoms with Gasteiger partial charge in [0.25, 0.3) is 0 Å². The molecule has 122 valence electrons. The van der Waals surface area contributed by atoms with Crippen LogP contribution < -0.4 is 0 Å². The van der Waals surface area contributed by atoms with E-state index in [-0.39, 0.29) is 12.3 Å². The minimum absolute atomic E-state index is 0.00459. The van der Waals surface area contributed by atoms with Crippen LogP contribution in [-0.2, 0) is 6.54 Å². The van der Waals surface area contributed by atoms with E-state index >= 15 is 0 Å². The second kappa shape index (κ2) is 6.49. The van der Waals surface area contributed by atoms with E-state index in [1.54, 1.807) is 36.7 Å². The predicted molar refractivity (Wildman–Crippen MR) is 98.7 cm³/mol. The zero-order valence-electron chi connectivity index (χ0n) is 13.3. The van der Waals surface area contributed by atoms with Crippen LogP contribution in [0.3, 0.4) is 0 Å². The fraction of sp³-hybridized carbons (Fsp3) is 0.0500. The predicted octanol–water partition coefficient (Wildman–Crippen LogP) is 4.63. The van der Waals surface area contributed by atoms with Crippen molar-refractivity contribution in [3.63, 3.8) is 0 Å². The number of nitrogens with zero attached hydrogens (tertiary/aromatic N) is 3. The molecule has 4 nitrogen and oxygen atoms in total. The normalized spacial score (nSPS) is 10.9. The van der Waals surface area contributed by atoms with Gasteiger partial charge in [0.1, 0.15) is 5.82 Å². The molecule has 2 heterocycles. The highest BCUT2D eigenvalue weighted by molar-refractivity contribution is 6.30. The molecule has 0 N–H and O–H groups in total. The Morgan fingerprint density at radius 2 is 1.80 bits per heavy atom. The molecule has 0 radical (unpaired) electrons. The molecule has 4 aromatic rings. The summed E-state index contributed by atoms with van der Waals surface area (Å²) in [4.78, 5) is 21.6. The summed E-state index contributed by atoms with van der Waals surface area (Å²) >= 11 is 5.91. The lowest BCUT2D eigenvalue weighted by atomic mass is 10.1. The van der Waals surface area contributed by atoms with Crippen LogP contribution in [0.25, 0.3) is 22.4 Å². The van der Waals surface area contributed by atoms with Crippen molar-refractivity contribution in [1.82, 2.24) is 14.5 Å². The van der Waals surface area contributed by atoms with Crippen molar-refractivity contribution in [2.24, 2.45) is 0 Å². The lowest BCUT2D eigenvalue weighted by molar-refractivity contribution is 0.0974. The van der Waals surface area contributed by atoms with Gasteiger partial charge in [-0.1, -0.05) is 23.7 Å². The standard InChI is InChI=1S/C20H14ClN3O/c21-16-9-7-14(8-10-16)19(25)13-24-18-6-2-1-5-17(18)23-20(24)15-4-3-11-22-12-15/h1-12H,13H2. The number of hydrogen-bond acceptors (Lipinski definition) is 3. The van der Waals surface area contributed by atoms with Gasteiger partial charge in [0.2, 0.25) is 0 Å². The van der Waals surface area contributed by atoms with E-state index in [0.717, 1.165) is 22.4 Å². The molecule has 2 aromatic carbocycles. The largest absolute Gasteiger partial charge is 0.316 e.